The Morgan fingerprint density at radius 3 is 2.90 bits per heavy atom. The van der Waals surface area contributed by atoms with Crippen molar-refractivity contribution in [1.82, 2.24) is 19.7 Å². The number of aromatic nitrogens is 4. The monoisotopic (exact) mass is 286 g/mol. The fourth-order valence-electron chi connectivity index (χ4n) is 2.17. The molecule has 1 unspecified atom stereocenters. The van der Waals surface area contributed by atoms with E-state index in [2.05, 4.69) is 15.1 Å². The first-order chi connectivity index (χ1) is 10.2. The van der Waals surface area contributed by atoms with Gasteiger partial charge in [0.15, 0.2) is 5.65 Å². The van der Waals surface area contributed by atoms with Crippen LogP contribution in [0.25, 0.3) is 22.2 Å². The molecule has 0 bridgehead atoms. The Morgan fingerprint density at radius 2 is 2.19 bits per heavy atom. The number of fused-ring (bicyclic) bond motifs is 1. The van der Waals surface area contributed by atoms with Crippen molar-refractivity contribution in [2.24, 2.45) is 0 Å². The Hall–Kier alpha value is -2.51. The molecule has 3 aromatic rings. The van der Waals surface area contributed by atoms with Crippen LogP contribution in [0.3, 0.4) is 0 Å². The van der Waals surface area contributed by atoms with Gasteiger partial charge in [-0.1, -0.05) is 6.07 Å². The number of H-pyrrole nitrogens is 1. The lowest BCUT2D eigenvalue weighted by Crippen LogP contribution is -2.21. The molecule has 0 saturated heterocycles. The van der Waals surface area contributed by atoms with Crippen LogP contribution in [0.4, 0.5) is 0 Å². The van der Waals surface area contributed by atoms with Gasteiger partial charge in [0.25, 0.3) is 5.56 Å². The Balaban J connectivity index is 2.07. The smallest absolute Gasteiger partial charge is 0.273 e. The van der Waals surface area contributed by atoms with Crippen LogP contribution in [0.2, 0.25) is 0 Å². The summed E-state index contributed by atoms with van der Waals surface area (Å²) in [6.45, 7) is -0.302. The number of aromatic amines is 1. The van der Waals surface area contributed by atoms with E-state index in [1.807, 2.05) is 12.1 Å². The maximum absolute atomic E-state index is 12.0. The van der Waals surface area contributed by atoms with Crippen LogP contribution < -0.4 is 5.56 Å². The summed E-state index contributed by atoms with van der Waals surface area (Å²) in [6.07, 6.45) is 4.07. The van der Waals surface area contributed by atoms with Crippen molar-refractivity contribution in [3.05, 3.63) is 47.1 Å². The second kappa shape index (κ2) is 5.47. The van der Waals surface area contributed by atoms with Crippen molar-refractivity contribution in [2.45, 2.75) is 12.6 Å². The molecule has 0 aliphatic rings. The van der Waals surface area contributed by atoms with Crippen molar-refractivity contribution in [3.8, 4) is 11.1 Å². The normalized spacial score (nSPS) is 12.7. The van der Waals surface area contributed by atoms with Crippen LogP contribution in [0, 0.1) is 0 Å². The van der Waals surface area contributed by atoms with E-state index in [4.69, 9.17) is 5.11 Å². The second-order valence-electron chi connectivity index (χ2n) is 4.72. The summed E-state index contributed by atoms with van der Waals surface area (Å²) in [7, 11) is 0. The molecule has 0 fully saturated rings. The van der Waals surface area contributed by atoms with Crippen molar-refractivity contribution < 1.29 is 10.2 Å². The number of hydrogen-bond donors (Lipinski definition) is 3. The van der Waals surface area contributed by atoms with Crippen molar-refractivity contribution in [3.63, 3.8) is 0 Å². The number of rotatable bonds is 4. The molecule has 108 valence electrons. The molecule has 3 heterocycles. The third-order valence-electron chi connectivity index (χ3n) is 3.20. The van der Waals surface area contributed by atoms with E-state index in [1.54, 1.807) is 24.7 Å². The van der Waals surface area contributed by atoms with Crippen LogP contribution in [0.15, 0.2) is 41.6 Å². The third-order valence-corrected chi connectivity index (χ3v) is 3.20. The zero-order chi connectivity index (χ0) is 14.8. The topological polar surface area (TPSA) is 104 Å². The van der Waals surface area contributed by atoms with Gasteiger partial charge < -0.3 is 10.2 Å². The maximum Gasteiger partial charge on any atom is 0.273 e. The summed E-state index contributed by atoms with van der Waals surface area (Å²) < 4.78 is 1.44. The van der Waals surface area contributed by atoms with Crippen LogP contribution in [0.5, 0.6) is 0 Å². The molecule has 0 amide bonds. The summed E-state index contributed by atoms with van der Waals surface area (Å²) in [5.74, 6) is 0. The molecular weight excluding hydrogens is 272 g/mol. The predicted octanol–water partition coefficient (Wildman–Crippen LogP) is 0.140. The number of nitrogens with zero attached hydrogens (tertiary/aromatic N) is 3. The molecule has 0 aliphatic heterocycles. The molecule has 7 heteroatoms. The minimum absolute atomic E-state index is 0.0779. The molecule has 0 radical (unpaired) electrons. The molecule has 3 aromatic heterocycles. The first-order valence-electron chi connectivity index (χ1n) is 6.47. The van der Waals surface area contributed by atoms with E-state index in [0.717, 1.165) is 11.1 Å². The molecule has 0 spiro atoms. The fraction of sp³-hybridized carbons (Fsp3) is 0.214. The minimum atomic E-state index is -0.948. The summed E-state index contributed by atoms with van der Waals surface area (Å²) in [6, 6.07) is 5.43. The molecule has 0 aromatic carbocycles. The average molecular weight is 286 g/mol. The van der Waals surface area contributed by atoms with Crippen LogP contribution in [-0.4, -0.2) is 42.7 Å². The zero-order valence-corrected chi connectivity index (χ0v) is 11.1. The van der Waals surface area contributed by atoms with E-state index in [1.165, 1.54) is 4.68 Å². The van der Waals surface area contributed by atoms with E-state index in [0.29, 0.717) is 11.0 Å². The SMILES string of the molecule is O=c1[nH]n(CC(O)CO)c2ncc(-c3cccnc3)cc12. The minimum Gasteiger partial charge on any atom is -0.394 e. The van der Waals surface area contributed by atoms with Crippen molar-refractivity contribution >= 4 is 11.0 Å². The molecule has 1 atom stereocenters. The predicted molar refractivity (Wildman–Crippen MR) is 76.7 cm³/mol. The number of aliphatic hydroxyl groups is 2. The highest BCUT2D eigenvalue weighted by Gasteiger charge is 2.12. The van der Waals surface area contributed by atoms with Crippen LogP contribution in [0.1, 0.15) is 0 Å². The van der Waals surface area contributed by atoms with E-state index >= 15 is 0 Å². The molecule has 7 nitrogen and oxygen atoms in total. The molecule has 0 aliphatic carbocycles. The van der Waals surface area contributed by atoms with Gasteiger partial charge in [0, 0.05) is 29.7 Å². The number of hydrogen-bond acceptors (Lipinski definition) is 5. The van der Waals surface area contributed by atoms with Gasteiger partial charge in [0.05, 0.1) is 24.6 Å². The molecule has 3 N–H and O–H groups in total. The Bertz CT molecular complexity index is 810. The van der Waals surface area contributed by atoms with Gasteiger partial charge in [-0.3, -0.25) is 19.6 Å². The summed E-state index contributed by atoms with van der Waals surface area (Å²) in [5.41, 5.74) is 1.82. The average Bonchev–Trinajstić information content (AvgIpc) is 2.84. The maximum atomic E-state index is 12.0. The number of aliphatic hydroxyl groups excluding tert-OH is 2. The molecule has 21 heavy (non-hydrogen) atoms. The highest BCUT2D eigenvalue weighted by atomic mass is 16.3. The summed E-state index contributed by atoms with van der Waals surface area (Å²) >= 11 is 0. The van der Waals surface area contributed by atoms with Gasteiger partial charge in [0.1, 0.15) is 0 Å². The van der Waals surface area contributed by atoms with E-state index in [-0.39, 0.29) is 18.7 Å². The standard InChI is InChI=1S/C14H14N4O3/c19-8-11(20)7-18-13-12(14(21)17-18)4-10(6-16-13)9-2-1-3-15-5-9/h1-6,11,19-20H,7-8H2,(H,17,21). The number of nitrogens with one attached hydrogen (secondary N) is 1. The quantitative estimate of drug-likeness (QED) is 0.633. The van der Waals surface area contributed by atoms with Gasteiger partial charge in [0.2, 0.25) is 0 Å². The van der Waals surface area contributed by atoms with Gasteiger partial charge in [-0.2, -0.15) is 0 Å². The van der Waals surface area contributed by atoms with Gasteiger partial charge in [-0.05, 0) is 12.1 Å². The van der Waals surface area contributed by atoms with Crippen molar-refractivity contribution in [1.29, 1.82) is 0 Å². The van der Waals surface area contributed by atoms with E-state index in [9.17, 15) is 9.90 Å². The molecular formula is C14H14N4O3. The first kappa shape index (κ1) is 13.5. The fourth-order valence-corrected chi connectivity index (χ4v) is 2.17. The van der Waals surface area contributed by atoms with Gasteiger partial charge >= 0.3 is 0 Å². The highest BCUT2D eigenvalue weighted by Crippen LogP contribution is 2.20. The lowest BCUT2D eigenvalue weighted by Gasteiger charge is -2.08. The van der Waals surface area contributed by atoms with Crippen LogP contribution in [-0.2, 0) is 6.54 Å². The Kier molecular flexibility index (Phi) is 3.51. The van der Waals surface area contributed by atoms with Gasteiger partial charge in [-0.15, -0.1) is 0 Å². The largest absolute Gasteiger partial charge is 0.394 e. The zero-order valence-electron chi connectivity index (χ0n) is 11.1. The molecule has 0 saturated carbocycles. The molecule has 3 rings (SSSR count). The lowest BCUT2D eigenvalue weighted by molar-refractivity contribution is 0.0791. The Labute approximate surface area is 119 Å². The highest BCUT2D eigenvalue weighted by molar-refractivity contribution is 5.80. The van der Waals surface area contributed by atoms with Gasteiger partial charge in [-0.25, -0.2) is 4.98 Å². The van der Waals surface area contributed by atoms with Crippen LogP contribution >= 0.6 is 0 Å². The summed E-state index contributed by atoms with van der Waals surface area (Å²) in [4.78, 5) is 20.3. The van der Waals surface area contributed by atoms with E-state index < -0.39 is 6.10 Å². The number of pyridine rings is 2. The lowest BCUT2D eigenvalue weighted by atomic mass is 10.1. The second-order valence-corrected chi connectivity index (χ2v) is 4.72. The van der Waals surface area contributed by atoms with Crippen molar-refractivity contribution in [2.75, 3.05) is 6.61 Å². The first-order valence-corrected chi connectivity index (χ1v) is 6.47. The Morgan fingerprint density at radius 1 is 1.33 bits per heavy atom. The summed E-state index contributed by atoms with van der Waals surface area (Å²) in [5, 5.41) is 21.4. The third kappa shape index (κ3) is 2.56.